The van der Waals surface area contributed by atoms with Crippen molar-refractivity contribution in [3.8, 4) is 0 Å². The van der Waals surface area contributed by atoms with Crippen molar-refractivity contribution in [1.82, 2.24) is 9.80 Å². The second-order valence-electron chi connectivity index (χ2n) is 5.14. The van der Waals surface area contributed by atoms with Gasteiger partial charge in [-0.15, -0.1) is 0 Å². The summed E-state index contributed by atoms with van der Waals surface area (Å²) in [4.78, 5) is 40.1. The Kier molecular flexibility index (Phi) is 2.94. The van der Waals surface area contributed by atoms with Crippen LogP contribution in [0, 0.1) is 0 Å². The van der Waals surface area contributed by atoms with E-state index in [9.17, 15) is 14.4 Å². The molecule has 7 heteroatoms. The Balaban J connectivity index is 2.32. The molecule has 0 aromatic heterocycles. The molecule has 1 aromatic carbocycles. The van der Waals surface area contributed by atoms with Crippen LogP contribution in [0.2, 0.25) is 0 Å². The molecule has 1 spiro atoms. The number of rotatable bonds is 2. The molecule has 7 nitrogen and oxygen atoms in total. The number of anilines is 1. The molecule has 0 unspecified atom stereocenters. The monoisotopic (exact) mass is 301 g/mol. The van der Waals surface area contributed by atoms with Gasteiger partial charge >= 0.3 is 6.03 Å². The van der Waals surface area contributed by atoms with Gasteiger partial charge in [-0.2, -0.15) is 0 Å². The number of carbonyl (C=O) groups is 3. The highest BCUT2D eigenvalue weighted by Crippen LogP contribution is 2.43. The van der Waals surface area contributed by atoms with Crippen molar-refractivity contribution in [2.45, 2.75) is 5.66 Å². The summed E-state index contributed by atoms with van der Waals surface area (Å²) in [6, 6.07) is 6.58. The number of amides is 4. The van der Waals surface area contributed by atoms with E-state index in [1.807, 2.05) is 6.07 Å². The minimum absolute atomic E-state index is 0.442. The Bertz CT molecular complexity index is 714. The third kappa shape index (κ3) is 1.47. The molecule has 4 amide bonds. The van der Waals surface area contributed by atoms with Crippen molar-refractivity contribution in [3.63, 3.8) is 0 Å². The average molecular weight is 301 g/mol. The molecule has 114 valence electrons. The van der Waals surface area contributed by atoms with Crippen molar-refractivity contribution in [2.24, 2.45) is 0 Å². The molecule has 0 aliphatic carbocycles. The Labute approximate surface area is 127 Å². The van der Waals surface area contributed by atoms with Gasteiger partial charge in [-0.25, -0.2) is 4.79 Å². The first-order chi connectivity index (χ1) is 10.5. The zero-order valence-electron chi connectivity index (χ0n) is 12.4. The number of benzene rings is 1. The van der Waals surface area contributed by atoms with Gasteiger partial charge in [0.15, 0.2) is 0 Å². The Morgan fingerprint density at radius 2 is 1.86 bits per heavy atom. The van der Waals surface area contributed by atoms with Gasteiger partial charge in [-0.3, -0.25) is 24.3 Å². The molecular weight excluding hydrogens is 286 g/mol. The lowest BCUT2D eigenvalue weighted by molar-refractivity contribution is -0.131. The lowest BCUT2D eigenvalue weighted by Crippen LogP contribution is -2.61. The number of fused-ring (bicyclic) bond motifs is 1. The third-order valence-corrected chi connectivity index (χ3v) is 4.16. The van der Waals surface area contributed by atoms with E-state index in [-0.39, 0.29) is 0 Å². The normalized spacial score (nSPS) is 23.8. The zero-order chi connectivity index (χ0) is 16.1. The second-order valence-corrected chi connectivity index (χ2v) is 5.14. The van der Waals surface area contributed by atoms with Gasteiger partial charge in [0.05, 0.1) is 12.8 Å². The number of hydrogen-bond donors (Lipinski definition) is 0. The summed E-state index contributed by atoms with van der Waals surface area (Å²) in [5.74, 6) is -0.0619. The van der Waals surface area contributed by atoms with Crippen LogP contribution in [-0.2, 0) is 14.3 Å². The van der Waals surface area contributed by atoms with Crippen LogP contribution in [0.15, 0.2) is 30.3 Å². The van der Waals surface area contributed by atoms with Gasteiger partial charge in [0.1, 0.15) is 5.76 Å². The summed E-state index contributed by atoms with van der Waals surface area (Å²) in [6.45, 7) is 0. The number of nitrogens with zero attached hydrogens (tertiary/aromatic N) is 3. The SMILES string of the molecule is COC1=C[C@@]2(C(=O)N(C)C(=O)N2C)N(C=O)c2ccccc21. The zero-order valence-corrected chi connectivity index (χ0v) is 12.4. The van der Waals surface area contributed by atoms with Crippen LogP contribution in [0.1, 0.15) is 5.56 Å². The van der Waals surface area contributed by atoms with Crippen LogP contribution < -0.4 is 4.90 Å². The number of likely N-dealkylation sites (N-methyl/N-ethyl adjacent to an activating group) is 2. The average Bonchev–Trinajstić information content (AvgIpc) is 2.70. The van der Waals surface area contributed by atoms with Crippen LogP contribution in [0.3, 0.4) is 0 Å². The predicted molar refractivity (Wildman–Crippen MR) is 78.6 cm³/mol. The fourth-order valence-electron chi connectivity index (χ4n) is 2.98. The quantitative estimate of drug-likeness (QED) is 0.600. The second kappa shape index (κ2) is 4.59. The largest absolute Gasteiger partial charge is 0.496 e. The van der Waals surface area contributed by atoms with Crippen LogP contribution in [0.25, 0.3) is 5.76 Å². The van der Waals surface area contributed by atoms with E-state index in [2.05, 4.69) is 0 Å². The number of urea groups is 1. The molecule has 1 atom stereocenters. The Morgan fingerprint density at radius 3 is 2.41 bits per heavy atom. The molecule has 1 fully saturated rings. The molecule has 2 aliphatic heterocycles. The highest BCUT2D eigenvalue weighted by atomic mass is 16.5. The van der Waals surface area contributed by atoms with Gasteiger partial charge in [0.2, 0.25) is 12.1 Å². The first-order valence-electron chi connectivity index (χ1n) is 6.66. The molecule has 2 aliphatic rings. The highest BCUT2D eigenvalue weighted by molar-refractivity contribution is 6.14. The number of ether oxygens (including phenoxy) is 1. The van der Waals surface area contributed by atoms with Crippen LogP contribution in [0.5, 0.6) is 0 Å². The molecule has 2 heterocycles. The first-order valence-corrected chi connectivity index (χ1v) is 6.66. The van der Waals surface area contributed by atoms with Crippen LogP contribution >= 0.6 is 0 Å². The Morgan fingerprint density at radius 1 is 1.18 bits per heavy atom. The molecule has 0 N–H and O–H groups in total. The number of imide groups is 1. The van der Waals surface area contributed by atoms with Gasteiger partial charge < -0.3 is 4.74 Å². The number of para-hydroxylation sites is 1. The van der Waals surface area contributed by atoms with Gasteiger partial charge in [-0.1, -0.05) is 12.1 Å². The van der Waals surface area contributed by atoms with E-state index in [4.69, 9.17) is 4.74 Å². The van der Waals surface area contributed by atoms with Crippen molar-refractivity contribution in [2.75, 3.05) is 26.1 Å². The van der Waals surface area contributed by atoms with Gasteiger partial charge in [-0.05, 0) is 12.1 Å². The fraction of sp³-hybridized carbons (Fsp3) is 0.267. The minimum atomic E-state index is -1.53. The molecule has 0 bridgehead atoms. The molecule has 1 saturated heterocycles. The topological polar surface area (TPSA) is 70.2 Å². The summed E-state index contributed by atoms with van der Waals surface area (Å²) < 4.78 is 5.37. The summed E-state index contributed by atoms with van der Waals surface area (Å²) in [6.07, 6.45) is 2.07. The van der Waals surface area contributed by atoms with E-state index < -0.39 is 17.6 Å². The summed E-state index contributed by atoms with van der Waals surface area (Å²) in [7, 11) is 4.36. The molecule has 3 rings (SSSR count). The number of methoxy groups -OCH3 is 1. The Hall–Kier alpha value is -2.83. The molecule has 0 radical (unpaired) electrons. The maximum atomic E-state index is 12.7. The predicted octanol–water partition coefficient (Wildman–Crippen LogP) is 0.870. The van der Waals surface area contributed by atoms with Crippen molar-refractivity contribution in [3.05, 3.63) is 35.9 Å². The highest BCUT2D eigenvalue weighted by Gasteiger charge is 2.59. The van der Waals surface area contributed by atoms with Crippen LogP contribution in [-0.4, -0.2) is 55.0 Å². The van der Waals surface area contributed by atoms with Crippen molar-refractivity contribution in [1.29, 1.82) is 0 Å². The number of carbonyl (C=O) groups excluding carboxylic acids is 3. The van der Waals surface area contributed by atoms with E-state index in [0.29, 0.717) is 23.4 Å². The molecular formula is C15H15N3O4. The van der Waals surface area contributed by atoms with Crippen molar-refractivity contribution >= 4 is 29.8 Å². The first kappa shape index (κ1) is 14.1. The minimum Gasteiger partial charge on any atom is -0.496 e. The fourth-order valence-corrected chi connectivity index (χ4v) is 2.98. The number of hydrogen-bond acceptors (Lipinski definition) is 4. The van der Waals surface area contributed by atoms with Crippen LogP contribution in [0.4, 0.5) is 10.5 Å². The summed E-state index contributed by atoms with van der Waals surface area (Å²) >= 11 is 0. The lowest BCUT2D eigenvalue weighted by atomic mass is 9.95. The standard InChI is InChI=1S/C15H15N3O4/c1-16-13(20)15(17(2)14(16)21)8-12(22-3)10-6-4-5-7-11(10)18(15)9-19/h4-9H,1-3H3/t15-/m0/s1. The molecule has 22 heavy (non-hydrogen) atoms. The molecule has 0 saturated carbocycles. The van der Waals surface area contributed by atoms with E-state index >= 15 is 0 Å². The lowest BCUT2D eigenvalue weighted by Gasteiger charge is -2.42. The maximum Gasteiger partial charge on any atom is 0.328 e. The summed E-state index contributed by atoms with van der Waals surface area (Å²) in [5, 5.41) is 0. The van der Waals surface area contributed by atoms with Gasteiger partial charge in [0, 0.05) is 25.7 Å². The van der Waals surface area contributed by atoms with Crippen molar-refractivity contribution < 1.29 is 19.1 Å². The van der Waals surface area contributed by atoms with E-state index in [1.54, 1.807) is 18.2 Å². The summed E-state index contributed by atoms with van der Waals surface area (Å²) in [5.41, 5.74) is -0.334. The smallest absolute Gasteiger partial charge is 0.328 e. The third-order valence-electron chi connectivity index (χ3n) is 4.16. The molecule has 1 aromatic rings. The van der Waals surface area contributed by atoms with Gasteiger partial charge in [0.25, 0.3) is 5.91 Å². The van der Waals surface area contributed by atoms with E-state index in [1.165, 1.54) is 37.1 Å². The maximum absolute atomic E-state index is 12.7. The van der Waals surface area contributed by atoms with E-state index in [0.717, 1.165) is 4.90 Å².